The maximum absolute atomic E-state index is 10.6. The maximum Gasteiger partial charge on any atom is 0.330 e. The molecule has 0 aromatic heterocycles. The molecule has 0 amide bonds. The molecular weight excluding hydrogens is 164 g/mol. The lowest BCUT2D eigenvalue weighted by Crippen LogP contribution is -2.11. The molecule has 0 heterocycles. The molecule has 1 aliphatic rings. The Morgan fingerprint density at radius 3 is 2.31 bits per heavy atom. The van der Waals surface area contributed by atoms with Crippen molar-refractivity contribution in [2.75, 3.05) is 0 Å². The van der Waals surface area contributed by atoms with E-state index < -0.39 is 5.97 Å². The molecule has 13 heavy (non-hydrogen) atoms. The number of rotatable bonds is 2. The topological polar surface area (TPSA) is 37.3 Å². The molecule has 0 bridgehead atoms. The van der Waals surface area contributed by atoms with Gasteiger partial charge < -0.3 is 5.11 Å². The van der Waals surface area contributed by atoms with Gasteiger partial charge in [-0.3, -0.25) is 0 Å². The summed E-state index contributed by atoms with van der Waals surface area (Å²) in [6, 6.07) is 0. The van der Waals surface area contributed by atoms with E-state index in [9.17, 15) is 4.79 Å². The number of carboxylic acid groups (broad SMARTS) is 1. The van der Waals surface area contributed by atoms with Gasteiger partial charge >= 0.3 is 5.97 Å². The van der Waals surface area contributed by atoms with Gasteiger partial charge in [-0.2, -0.15) is 0 Å². The van der Waals surface area contributed by atoms with Crippen LogP contribution in [0.4, 0.5) is 0 Å². The van der Waals surface area contributed by atoms with Gasteiger partial charge in [0, 0.05) is 5.57 Å². The Hall–Kier alpha value is -0.790. The first kappa shape index (κ1) is 10.3. The highest BCUT2D eigenvalue weighted by molar-refractivity contribution is 5.85. The molecule has 1 fully saturated rings. The van der Waals surface area contributed by atoms with Crippen molar-refractivity contribution < 1.29 is 9.90 Å². The second kappa shape index (κ2) is 4.45. The molecule has 1 saturated carbocycles. The molecule has 0 radical (unpaired) electrons. The minimum absolute atomic E-state index is 0.500. The maximum atomic E-state index is 10.6. The summed E-state index contributed by atoms with van der Waals surface area (Å²) in [6.45, 7) is 3.95. The van der Waals surface area contributed by atoms with Crippen molar-refractivity contribution in [2.45, 2.75) is 39.5 Å². The van der Waals surface area contributed by atoms with Crippen LogP contribution in [0.2, 0.25) is 0 Å². The van der Waals surface area contributed by atoms with Gasteiger partial charge in [-0.1, -0.05) is 25.8 Å². The Balaban J connectivity index is 2.46. The third kappa shape index (κ3) is 3.21. The number of hydrogen-bond donors (Lipinski definition) is 1. The molecule has 0 unspecified atom stereocenters. The van der Waals surface area contributed by atoms with Crippen LogP contribution in [0, 0.1) is 11.8 Å². The number of carbonyl (C=O) groups is 1. The summed E-state index contributed by atoms with van der Waals surface area (Å²) in [6.07, 6.45) is 6.73. The minimum Gasteiger partial charge on any atom is -0.478 e. The third-order valence-electron chi connectivity index (χ3n) is 2.88. The quantitative estimate of drug-likeness (QED) is 0.667. The van der Waals surface area contributed by atoms with Gasteiger partial charge in [0.05, 0.1) is 0 Å². The second-order valence-electron chi connectivity index (χ2n) is 4.17. The van der Waals surface area contributed by atoms with Crippen molar-refractivity contribution in [3.05, 3.63) is 11.6 Å². The lowest BCUT2D eigenvalue weighted by atomic mass is 9.82. The molecule has 74 valence electrons. The number of hydrogen-bond acceptors (Lipinski definition) is 1. The average molecular weight is 182 g/mol. The zero-order valence-electron chi connectivity index (χ0n) is 8.42. The van der Waals surface area contributed by atoms with Crippen molar-refractivity contribution in [1.29, 1.82) is 0 Å². The fourth-order valence-electron chi connectivity index (χ4n) is 1.88. The van der Waals surface area contributed by atoms with Crippen molar-refractivity contribution in [3.8, 4) is 0 Å². The van der Waals surface area contributed by atoms with Crippen LogP contribution < -0.4 is 0 Å². The molecule has 1 rings (SSSR count). The molecule has 1 N–H and O–H groups in total. The summed E-state index contributed by atoms with van der Waals surface area (Å²) < 4.78 is 0. The zero-order chi connectivity index (χ0) is 9.84. The van der Waals surface area contributed by atoms with Crippen LogP contribution in [0.15, 0.2) is 11.6 Å². The fourth-order valence-corrected chi connectivity index (χ4v) is 1.88. The minimum atomic E-state index is -0.779. The SMILES string of the molecule is CC(=CC1CCC(C)CC1)C(=O)O. The van der Waals surface area contributed by atoms with E-state index in [1.54, 1.807) is 6.92 Å². The van der Waals surface area contributed by atoms with Gasteiger partial charge in [0.25, 0.3) is 0 Å². The first-order valence-electron chi connectivity index (χ1n) is 5.01. The lowest BCUT2D eigenvalue weighted by Gasteiger charge is -2.23. The van der Waals surface area contributed by atoms with Crippen molar-refractivity contribution in [3.63, 3.8) is 0 Å². The van der Waals surface area contributed by atoms with Gasteiger partial charge in [0.2, 0.25) is 0 Å². The molecule has 0 aromatic rings. The summed E-state index contributed by atoms with van der Waals surface area (Å²) >= 11 is 0. The molecular formula is C11H18O2. The number of aliphatic carboxylic acids is 1. The third-order valence-corrected chi connectivity index (χ3v) is 2.88. The summed E-state index contributed by atoms with van der Waals surface area (Å²) in [5.41, 5.74) is 0.500. The van der Waals surface area contributed by atoms with E-state index >= 15 is 0 Å². The molecule has 0 aliphatic heterocycles. The molecule has 0 aromatic carbocycles. The smallest absolute Gasteiger partial charge is 0.330 e. The summed E-state index contributed by atoms with van der Waals surface area (Å²) in [5, 5.41) is 8.70. The monoisotopic (exact) mass is 182 g/mol. The predicted molar refractivity (Wildman–Crippen MR) is 52.5 cm³/mol. The van der Waals surface area contributed by atoms with Crippen molar-refractivity contribution in [1.82, 2.24) is 0 Å². The van der Waals surface area contributed by atoms with Gasteiger partial charge in [-0.15, -0.1) is 0 Å². The highest BCUT2D eigenvalue weighted by Crippen LogP contribution is 2.29. The Labute approximate surface area is 79.6 Å². The highest BCUT2D eigenvalue weighted by atomic mass is 16.4. The van der Waals surface area contributed by atoms with Gasteiger partial charge in [-0.25, -0.2) is 4.79 Å². The van der Waals surface area contributed by atoms with Crippen LogP contribution in [0.1, 0.15) is 39.5 Å². The van der Waals surface area contributed by atoms with Crippen LogP contribution in [-0.4, -0.2) is 11.1 Å². The standard InChI is InChI=1S/C11H18O2/c1-8-3-5-10(6-4-8)7-9(2)11(12)13/h7-8,10H,3-6H2,1-2H3,(H,12,13). The van der Waals surface area contributed by atoms with Gasteiger partial charge in [-0.05, 0) is 31.6 Å². The van der Waals surface area contributed by atoms with E-state index in [2.05, 4.69) is 6.92 Å². The summed E-state index contributed by atoms with van der Waals surface area (Å²) in [4.78, 5) is 10.6. The van der Waals surface area contributed by atoms with Crippen LogP contribution in [0.25, 0.3) is 0 Å². The molecule has 1 aliphatic carbocycles. The predicted octanol–water partition coefficient (Wildman–Crippen LogP) is 2.84. The Morgan fingerprint density at radius 2 is 1.85 bits per heavy atom. The van der Waals surface area contributed by atoms with E-state index in [-0.39, 0.29) is 0 Å². The Morgan fingerprint density at radius 1 is 1.31 bits per heavy atom. The van der Waals surface area contributed by atoms with Crippen molar-refractivity contribution in [2.24, 2.45) is 11.8 Å². The first-order valence-corrected chi connectivity index (χ1v) is 5.01. The summed E-state index contributed by atoms with van der Waals surface area (Å²) in [7, 11) is 0. The van der Waals surface area contributed by atoms with Crippen molar-refractivity contribution >= 4 is 5.97 Å². The average Bonchev–Trinajstić information content (AvgIpc) is 2.08. The molecule has 0 saturated heterocycles. The van der Waals surface area contributed by atoms with E-state index in [0.717, 1.165) is 18.8 Å². The number of carboxylic acids is 1. The first-order chi connectivity index (χ1) is 6.09. The highest BCUT2D eigenvalue weighted by Gasteiger charge is 2.17. The molecule has 2 heteroatoms. The van der Waals surface area contributed by atoms with E-state index in [0.29, 0.717) is 11.5 Å². The zero-order valence-corrected chi connectivity index (χ0v) is 8.42. The second-order valence-corrected chi connectivity index (χ2v) is 4.17. The fraction of sp³-hybridized carbons (Fsp3) is 0.727. The molecule has 0 spiro atoms. The van der Waals surface area contributed by atoms with Crippen LogP contribution in [0.3, 0.4) is 0 Å². The van der Waals surface area contributed by atoms with Gasteiger partial charge in [0.15, 0.2) is 0 Å². The largest absolute Gasteiger partial charge is 0.478 e. The van der Waals surface area contributed by atoms with Crippen LogP contribution >= 0.6 is 0 Å². The summed E-state index contributed by atoms with van der Waals surface area (Å²) in [5.74, 6) is 0.556. The lowest BCUT2D eigenvalue weighted by molar-refractivity contribution is -0.132. The van der Waals surface area contributed by atoms with E-state index in [1.807, 2.05) is 6.08 Å². The Bertz CT molecular complexity index is 210. The Kier molecular flexibility index (Phi) is 3.52. The van der Waals surface area contributed by atoms with E-state index in [1.165, 1.54) is 12.8 Å². The van der Waals surface area contributed by atoms with E-state index in [4.69, 9.17) is 5.11 Å². The molecule has 2 nitrogen and oxygen atoms in total. The number of allylic oxidation sites excluding steroid dienone is 1. The van der Waals surface area contributed by atoms with Crippen LogP contribution in [0.5, 0.6) is 0 Å². The van der Waals surface area contributed by atoms with Crippen LogP contribution in [-0.2, 0) is 4.79 Å². The molecule has 0 atom stereocenters. The normalized spacial score (nSPS) is 30.2. The van der Waals surface area contributed by atoms with Gasteiger partial charge in [0.1, 0.15) is 0 Å².